The third-order valence-electron chi connectivity index (χ3n) is 1.95. The van der Waals surface area contributed by atoms with Gasteiger partial charge in [0.05, 0.1) is 6.07 Å². The fourth-order valence-electron chi connectivity index (χ4n) is 1.13. The minimum Gasteiger partial charge on any atom is -0.294 e. The Morgan fingerprint density at radius 1 is 1.33 bits per heavy atom. The van der Waals surface area contributed by atoms with Gasteiger partial charge in [-0.15, -0.1) is 0 Å². The van der Waals surface area contributed by atoms with E-state index >= 15 is 0 Å². The van der Waals surface area contributed by atoms with Crippen LogP contribution in [0.3, 0.4) is 0 Å². The van der Waals surface area contributed by atoms with E-state index in [1.54, 1.807) is 0 Å². The van der Waals surface area contributed by atoms with Gasteiger partial charge in [0.25, 0.3) is 6.43 Å². The van der Waals surface area contributed by atoms with Crippen LogP contribution in [0.2, 0.25) is 0 Å². The summed E-state index contributed by atoms with van der Waals surface area (Å²) < 4.78 is 24.3. The minimum atomic E-state index is -2.52. The van der Waals surface area contributed by atoms with E-state index in [-0.39, 0.29) is 24.2 Å². The molecule has 0 spiro atoms. The number of hydrogen-bond acceptors (Lipinski definition) is 2. The second-order valence-electron chi connectivity index (χ2n) is 3.00. The number of nitriles is 1. The lowest BCUT2D eigenvalue weighted by Crippen LogP contribution is -1.98. The Morgan fingerprint density at radius 2 is 1.93 bits per heavy atom. The Morgan fingerprint density at radius 3 is 2.40 bits per heavy atom. The summed E-state index contributed by atoms with van der Waals surface area (Å²) in [5, 5.41) is 8.28. The van der Waals surface area contributed by atoms with E-state index < -0.39 is 6.43 Å². The van der Waals surface area contributed by atoms with Crippen molar-refractivity contribution in [3.8, 4) is 6.07 Å². The van der Waals surface area contributed by atoms with Crippen molar-refractivity contribution in [2.45, 2.75) is 19.3 Å². The Labute approximate surface area is 86.1 Å². The Hall–Kier alpha value is -1.76. The Kier molecular flexibility index (Phi) is 3.92. The molecule has 4 heteroatoms. The van der Waals surface area contributed by atoms with Crippen LogP contribution in [-0.4, -0.2) is 5.78 Å². The maximum atomic E-state index is 12.2. The number of carbonyl (C=O) groups excluding carboxylic acids is 1. The first kappa shape index (κ1) is 11.3. The highest BCUT2D eigenvalue weighted by Gasteiger charge is 2.09. The van der Waals surface area contributed by atoms with Gasteiger partial charge in [0.2, 0.25) is 0 Å². The zero-order valence-corrected chi connectivity index (χ0v) is 7.91. The van der Waals surface area contributed by atoms with Crippen molar-refractivity contribution < 1.29 is 13.6 Å². The van der Waals surface area contributed by atoms with Gasteiger partial charge in [-0.2, -0.15) is 5.26 Å². The molecule has 0 atom stereocenters. The molecule has 0 aliphatic heterocycles. The molecule has 0 bridgehead atoms. The van der Waals surface area contributed by atoms with Crippen molar-refractivity contribution in [1.82, 2.24) is 0 Å². The van der Waals surface area contributed by atoms with Crippen LogP contribution in [-0.2, 0) is 0 Å². The fourth-order valence-corrected chi connectivity index (χ4v) is 1.13. The molecular weight excluding hydrogens is 200 g/mol. The van der Waals surface area contributed by atoms with Crippen molar-refractivity contribution in [2.24, 2.45) is 0 Å². The van der Waals surface area contributed by atoms with Crippen LogP contribution in [0, 0.1) is 11.3 Å². The molecule has 0 fully saturated rings. The molecule has 2 nitrogen and oxygen atoms in total. The highest BCUT2D eigenvalue weighted by molar-refractivity contribution is 5.96. The summed E-state index contributed by atoms with van der Waals surface area (Å²) in [6.07, 6.45) is -2.24. The van der Waals surface area contributed by atoms with Crippen molar-refractivity contribution in [2.75, 3.05) is 0 Å². The second-order valence-corrected chi connectivity index (χ2v) is 3.00. The van der Waals surface area contributed by atoms with E-state index in [0.29, 0.717) is 5.56 Å². The number of rotatable bonds is 4. The normalized spacial score (nSPS) is 10.0. The van der Waals surface area contributed by atoms with Crippen molar-refractivity contribution in [3.05, 3.63) is 35.4 Å². The number of halogens is 2. The number of ketones is 1. The number of Topliss-reactive ketones (excluding diaryl/α,β-unsaturated/α-hetero) is 1. The largest absolute Gasteiger partial charge is 0.294 e. The molecule has 0 aromatic heterocycles. The lowest BCUT2D eigenvalue weighted by molar-refractivity contribution is 0.0983. The molecule has 1 aromatic carbocycles. The highest BCUT2D eigenvalue weighted by Crippen LogP contribution is 2.19. The summed E-state index contributed by atoms with van der Waals surface area (Å²) in [6.45, 7) is 0. The van der Waals surface area contributed by atoms with Gasteiger partial charge < -0.3 is 0 Å². The van der Waals surface area contributed by atoms with Gasteiger partial charge in [0.1, 0.15) is 0 Å². The van der Waals surface area contributed by atoms with Crippen LogP contribution < -0.4 is 0 Å². The zero-order valence-electron chi connectivity index (χ0n) is 7.91. The molecule has 15 heavy (non-hydrogen) atoms. The molecule has 0 aliphatic carbocycles. The molecule has 0 heterocycles. The minimum absolute atomic E-state index is 0.105. The lowest BCUT2D eigenvalue weighted by atomic mass is 10.1. The predicted molar refractivity (Wildman–Crippen MR) is 50.6 cm³/mol. The quantitative estimate of drug-likeness (QED) is 0.715. The second kappa shape index (κ2) is 5.20. The molecule has 0 saturated carbocycles. The number of benzene rings is 1. The van der Waals surface area contributed by atoms with Gasteiger partial charge >= 0.3 is 0 Å². The van der Waals surface area contributed by atoms with Crippen LogP contribution in [0.5, 0.6) is 0 Å². The fraction of sp³-hybridized carbons (Fsp3) is 0.273. The van der Waals surface area contributed by atoms with Gasteiger partial charge in [-0.3, -0.25) is 4.79 Å². The number of alkyl halides is 2. The average molecular weight is 209 g/mol. The summed E-state index contributed by atoms with van der Waals surface area (Å²) in [4.78, 5) is 11.3. The van der Waals surface area contributed by atoms with Crippen molar-refractivity contribution in [1.29, 1.82) is 5.26 Å². The Balaban J connectivity index is 2.72. The van der Waals surface area contributed by atoms with Gasteiger partial charge in [0, 0.05) is 24.0 Å². The molecule has 0 aliphatic rings. The zero-order chi connectivity index (χ0) is 11.3. The summed E-state index contributed by atoms with van der Waals surface area (Å²) in [6, 6.07) is 7.03. The summed E-state index contributed by atoms with van der Waals surface area (Å²) in [5.74, 6) is -0.197. The van der Waals surface area contributed by atoms with E-state index in [1.807, 2.05) is 6.07 Å². The van der Waals surface area contributed by atoms with E-state index in [2.05, 4.69) is 0 Å². The van der Waals surface area contributed by atoms with Crippen LogP contribution in [0.15, 0.2) is 24.3 Å². The van der Waals surface area contributed by atoms with Gasteiger partial charge in [0.15, 0.2) is 5.78 Å². The number of nitrogens with zero attached hydrogens (tertiary/aromatic N) is 1. The maximum Gasteiger partial charge on any atom is 0.263 e. The van der Waals surface area contributed by atoms with E-state index in [1.165, 1.54) is 24.3 Å². The van der Waals surface area contributed by atoms with Crippen molar-refractivity contribution >= 4 is 5.78 Å². The van der Waals surface area contributed by atoms with Crippen LogP contribution in [0.4, 0.5) is 8.78 Å². The molecule has 0 unspecified atom stereocenters. The first-order valence-corrected chi connectivity index (χ1v) is 4.43. The SMILES string of the molecule is N#CCCC(=O)c1ccc(C(F)F)cc1. The first-order chi connectivity index (χ1) is 7.15. The lowest BCUT2D eigenvalue weighted by Gasteiger charge is -2.01. The van der Waals surface area contributed by atoms with Crippen LogP contribution in [0.25, 0.3) is 0 Å². The van der Waals surface area contributed by atoms with Crippen LogP contribution >= 0.6 is 0 Å². The maximum absolute atomic E-state index is 12.2. The summed E-state index contributed by atoms with van der Waals surface area (Å²) >= 11 is 0. The third kappa shape index (κ3) is 3.13. The molecule has 0 saturated heterocycles. The monoisotopic (exact) mass is 209 g/mol. The Bertz CT molecular complexity index is 379. The van der Waals surface area contributed by atoms with Gasteiger partial charge in [-0.25, -0.2) is 8.78 Å². The highest BCUT2D eigenvalue weighted by atomic mass is 19.3. The standard InChI is InChI=1S/C11H9F2NO/c12-11(13)9-5-3-8(4-6-9)10(15)2-1-7-14/h3-6,11H,1-2H2. The van der Waals surface area contributed by atoms with Crippen molar-refractivity contribution in [3.63, 3.8) is 0 Å². The number of hydrogen-bond donors (Lipinski definition) is 0. The van der Waals surface area contributed by atoms with Gasteiger partial charge in [-0.05, 0) is 0 Å². The topological polar surface area (TPSA) is 40.9 Å². The third-order valence-corrected chi connectivity index (χ3v) is 1.95. The molecular formula is C11H9F2NO. The molecule has 78 valence electrons. The molecule has 0 N–H and O–H groups in total. The van der Waals surface area contributed by atoms with E-state index in [0.717, 1.165) is 0 Å². The van der Waals surface area contributed by atoms with Gasteiger partial charge in [-0.1, -0.05) is 24.3 Å². The first-order valence-electron chi connectivity index (χ1n) is 4.43. The summed E-state index contributed by atoms with van der Waals surface area (Å²) in [7, 11) is 0. The van der Waals surface area contributed by atoms with E-state index in [9.17, 15) is 13.6 Å². The number of carbonyl (C=O) groups is 1. The molecule has 0 radical (unpaired) electrons. The molecule has 1 aromatic rings. The van der Waals surface area contributed by atoms with E-state index in [4.69, 9.17) is 5.26 Å². The van der Waals surface area contributed by atoms with Crippen LogP contribution in [0.1, 0.15) is 35.2 Å². The smallest absolute Gasteiger partial charge is 0.263 e. The predicted octanol–water partition coefficient (Wildman–Crippen LogP) is 3.11. The molecule has 1 rings (SSSR count). The molecule has 0 amide bonds. The average Bonchev–Trinajstić information content (AvgIpc) is 2.26. The summed E-state index contributed by atoms with van der Waals surface area (Å²) in [5.41, 5.74) is 0.265.